The average Bonchev–Trinajstić information content (AvgIpc) is 2.62. The Morgan fingerprint density at radius 3 is 2.76 bits per heavy atom. The summed E-state index contributed by atoms with van der Waals surface area (Å²) in [6.45, 7) is 7.93. The molecule has 0 spiro atoms. The Kier molecular flexibility index (Phi) is 5.15. The van der Waals surface area contributed by atoms with Gasteiger partial charge in [0.15, 0.2) is 0 Å². The molecule has 17 heavy (non-hydrogen) atoms. The zero-order chi connectivity index (χ0) is 12.8. The number of likely N-dealkylation sites (N-methyl/N-ethyl adjacent to an activating group) is 1. The smallest absolute Gasteiger partial charge is 0.234 e. The zero-order valence-corrected chi connectivity index (χ0v) is 11.1. The van der Waals surface area contributed by atoms with Crippen molar-refractivity contribution in [1.29, 1.82) is 0 Å². The van der Waals surface area contributed by atoms with Crippen molar-refractivity contribution in [3.63, 3.8) is 0 Å². The van der Waals surface area contributed by atoms with Gasteiger partial charge in [0, 0.05) is 25.5 Å². The monoisotopic (exact) mass is 238 g/mol. The molecule has 0 fully saturated rings. The van der Waals surface area contributed by atoms with E-state index < -0.39 is 0 Å². The first kappa shape index (κ1) is 13.7. The van der Waals surface area contributed by atoms with E-state index in [2.05, 4.69) is 15.2 Å². The number of aryl methyl sites for hydroxylation is 1. The molecule has 0 saturated carbocycles. The van der Waals surface area contributed by atoms with Crippen molar-refractivity contribution in [2.45, 2.75) is 33.4 Å². The molecule has 5 nitrogen and oxygen atoms in total. The molecule has 0 atom stereocenters. The van der Waals surface area contributed by atoms with Crippen LogP contribution in [0.5, 0.6) is 0 Å². The van der Waals surface area contributed by atoms with Crippen molar-refractivity contribution in [3.05, 3.63) is 18.2 Å². The van der Waals surface area contributed by atoms with Crippen LogP contribution in [0.1, 0.15) is 26.6 Å². The molecule has 1 heterocycles. The first-order chi connectivity index (χ1) is 8.02. The molecule has 1 N–H and O–H groups in total. The summed E-state index contributed by atoms with van der Waals surface area (Å²) in [6.07, 6.45) is 3.69. The van der Waals surface area contributed by atoms with Crippen molar-refractivity contribution >= 4 is 5.91 Å². The Bertz CT molecular complexity index is 359. The summed E-state index contributed by atoms with van der Waals surface area (Å²) < 4.78 is 1.98. The second kappa shape index (κ2) is 6.39. The molecule has 1 amide bonds. The van der Waals surface area contributed by atoms with Gasteiger partial charge in [-0.2, -0.15) is 0 Å². The quantitative estimate of drug-likeness (QED) is 0.796. The van der Waals surface area contributed by atoms with Crippen LogP contribution in [0.3, 0.4) is 0 Å². The second-order valence-corrected chi connectivity index (χ2v) is 4.48. The van der Waals surface area contributed by atoms with Gasteiger partial charge in [-0.1, -0.05) is 6.92 Å². The Morgan fingerprint density at radius 1 is 1.59 bits per heavy atom. The third kappa shape index (κ3) is 4.56. The fraction of sp³-hybridized carbons (Fsp3) is 0.667. The summed E-state index contributed by atoms with van der Waals surface area (Å²) in [5.41, 5.74) is 0. The third-order valence-electron chi connectivity index (χ3n) is 2.55. The standard InChI is InChI=1S/C12H22N4O/c1-5-16(9-12(17)14-10(2)3)8-11-13-6-7-15(11)4/h6-7,10H,5,8-9H2,1-4H3,(H,14,17). The molecule has 1 aromatic rings. The van der Waals surface area contributed by atoms with Crippen LogP contribution < -0.4 is 5.32 Å². The van der Waals surface area contributed by atoms with E-state index >= 15 is 0 Å². The van der Waals surface area contributed by atoms with Gasteiger partial charge in [-0.05, 0) is 20.4 Å². The predicted octanol–water partition coefficient (Wildman–Crippen LogP) is 0.767. The highest BCUT2D eigenvalue weighted by molar-refractivity contribution is 5.78. The molecule has 0 aliphatic carbocycles. The zero-order valence-electron chi connectivity index (χ0n) is 11.1. The maximum atomic E-state index is 11.7. The van der Waals surface area contributed by atoms with Gasteiger partial charge in [-0.3, -0.25) is 9.69 Å². The molecule has 0 bridgehead atoms. The van der Waals surface area contributed by atoms with Gasteiger partial charge in [0.1, 0.15) is 5.82 Å². The number of hydrogen-bond acceptors (Lipinski definition) is 3. The van der Waals surface area contributed by atoms with Gasteiger partial charge >= 0.3 is 0 Å². The highest BCUT2D eigenvalue weighted by atomic mass is 16.2. The van der Waals surface area contributed by atoms with E-state index in [0.717, 1.165) is 12.4 Å². The summed E-state index contributed by atoms with van der Waals surface area (Å²) >= 11 is 0. The average molecular weight is 238 g/mol. The van der Waals surface area contributed by atoms with E-state index in [4.69, 9.17) is 0 Å². The molecular formula is C12H22N4O. The lowest BCUT2D eigenvalue weighted by atomic mass is 10.3. The number of imidazole rings is 1. The Balaban J connectivity index is 2.49. The van der Waals surface area contributed by atoms with Gasteiger partial charge in [-0.15, -0.1) is 0 Å². The Morgan fingerprint density at radius 2 is 2.29 bits per heavy atom. The summed E-state index contributed by atoms with van der Waals surface area (Å²) in [6, 6.07) is 0.189. The molecule has 0 radical (unpaired) electrons. The van der Waals surface area contributed by atoms with Crippen molar-refractivity contribution < 1.29 is 4.79 Å². The molecular weight excluding hydrogens is 216 g/mol. The first-order valence-electron chi connectivity index (χ1n) is 6.00. The maximum absolute atomic E-state index is 11.7. The van der Waals surface area contributed by atoms with E-state index in [1.54, 1.807) is 6.20 Å². The van der Waals surface area contributed by atoms with Crippen molar-refractivity contribution in [3.8, 4) is 0 Å². The van der Waals surface area contributed by atoms with Crippen molar-refractivity contribution in [2.75, 3.05) is 13.1 Å². The molecule has 5 heteroatoms. The molecule has 1 aromatic heterocycles. The van der Waals surface area contributed by atoms with Crippen molar-refractivity contribution in [2.24, 2.45) is 7.05 Å². The highest BCUT2D eigenvalue weighted by Crippen LogP contribution is 2.00. The van der Waals surface area contributed by atoms with Crippen molar-refractivity contribution in [1.82, 2.24) is 19.8 Å². The van der Waals surface area contributed by atoms with Crippen LogP contribution in [-0.4, -0.2) is 39.5 Å². The molecule has 0 unspecified atom stereocenters. The minimum Gasteiger partial charge on any atom is -0.353 e. The Hall–Kier alpha value is -1.36. The Labute approximate surface area is 103 Å². The number of hydrogen-bond donors (Lipinski definition) is 1. The first-order valence-corrected chi connectivity index (χ1v) is 6.00. The van der Waals surface area contributed by atoms with Gasteiger partial charge in [-0.25, -0.2) is 4.98 Å². The lowest BCUT2D eigenvalue weighted by molar-refractivity contribution is -0.122. The van der Waals surface area contributed by atoms with Crippen LogP contribution in [0.25, 0.3) is 0 Å². The summed E-state index contributed by atoms with van der Waals surface area (Å²) in [5, 5.41) is 2.89. The van der Waals surface area contributed by atoms with Gasteiger partial charge in [0.25, 0.3) is 0 Å². The molecule has 1 rings (SSSR count). The van der Waals surface area contributed by atoms with Crippen LogP contribution in [0.4, 0.5) is 0 Å². The number of nitrogens with zero attached hydrogens (tertiary/aromatic N) is 3. The maximum Gasteiger partial charge on any atom is 0.234 e. The van der Waals surface area contributed by atoms with Gasteiger partial charge in [0.2, 0.25) is 5.91 Å². The van der Waals surface area contributed by atoms with E-state index in [9.17, 15) is 4.79 Å². The fourth-order valence-electron chi connectivity index (χ4n) is 1.60. The fourth-order valence-corrected chi connectivity index (χ4v) is 1.60. The van der Waals surface area contributed by atoms with Gasteiger partial charge in [0.05, 0.1) is 13.1 Å². The largest absolute Gasteiger partial charge is 0.353 e. The number of aromatic nitrogens is 2. The molecule has 0 aliphatic rings. The van der Waals surface area contributed by atoms with E-state index in [1.165, 1.54) is 0 Å². The SMILES string of the molecule is CCN(CC(=O)NC(C)C)Cc1nccn1C. The molecule has 96 valence electrons. The number of carbonyl (C=O) groups excluding carboxylic acids is 1. The van der Waals surface area contributed by atoms with E-state index in [-0.39, 0.29) is 11.9 Å². The lowest BCUT2D eigenvalue weighted by Gasteiger charge is -2.20. The van der Waals surface area contributed by atoms with E-state index in [0.29, 0.717) is 13.1 Å². The minimum absolute atomic E-state index is 0.0658. The lowest BCUT2D eigenvalue weighted by Crippen LogP contribution is -2.40. The number of amides is 1. The summed E-state index contributed by atoms with van der Waals surface area (Å²) in [7, 11) is 1.96. The minimum atomic E-state index is 0.0658. The predicted molar refractivity (Wildman–Crippen MR) is 67.4 cm³/mol. The number of carbonyl (C=O) groups is 1. The van der Waals surface area contributed by atoms with Crippen LogP contribution >= 0.6 is 0 Å². The highest BCUT2D eigenvalue weighted by Gasteiger charge is 2.12. The topological polar surface area (TPSA) is 50.2 Å². The summed E-state index contributed by atoms with van der Waals surface area (Å²) in [5.74, 6) is 1.04. The number of rotatable bonds is 6. The van der Waals surface area contributed by atoms with Crippen LogP contribution in [0.2, 0.25) is 0 Å². The van der Waals surface area contributed by atoms with Crippen LogP contribution in [0, 0.1) is 0 Å². The third-order valence-corrected chi connectivity index (χ3v) is 2.55. The van der Waals surface area contributed by atoms with Gasteiger partial charge < -0.3 is 9.88 Å². The number of nitrogens with one attached hydrogen (secondary N) is 1. The van der Waals surface area contributed by atoms with Crippen LogP contribution in [0.15, 0.2) is 12.4 Å². The molecule has 0 saturated heterocycles. The summed E-state index contributed by atoms with van der Waals surface area (Å²) in [4.78, 5) is 18.0. The van der Waals surface area contributed by atoms with E-state index in [1.807, 2.05) is 38.6 Å². The van der Waals surface area contributed by atoms with Crippen LogP contribution in [-0.2, 0) is 18.4 Å². The molecule has 0 aromatic carbocycles. The normalized spacial score (nSPS) is 11.2. The molecule has 0 aliphatic heterocycles. The second-order valence-electron chi connectivity index (χ2n) is 4.48.